The van der Waals surface area contributed by atoms with Gasteiger partial charge in [0.1, 0.15) is 0 Å². The lowest BCUT2D eigenvalue weighted by molar-refractivity contribution is 0.122. The molecule has 0 heterocycles. The van der Waals surface area contributed by atoms with Crippen LogP contribution in [-0.2, 0) is 4.74 Å². The van der Waals surface area contributed by atoms with E-state index in [2.05, 4.69) is 15.6 Å². The van der Waals surface area contributed by atoms with Crippen LogP contribution in [0.3, 0.4) is 0 Å². The van der Waals surface area contributed by atoms with Crippen molar-refractivity contribution in [3.05, 3.63) is 0 Å². The lowest BCUT2D eigenvalue weighted by atomic mass is 10.5. The van der Waals surface area contributed by atoms with E-state index in [1.165, 1.54) is 0 Å². The first-order valence-corrected chi connectivity index (χ1v) is 5.92. The predicted molar refractivity (Wildman–Crippen MR) is 69.0 cm³/mol. The maximum atomic E-state index is 11.9. The average Bonchev–Trinajstić information content (AvgIpc) is 2.33. The second kappa shape index (κ2) is 12.1. The molecular weight excluding hydrogens is 237 g/mol. The topological polar surface area (TPSA) is 72.7 Å². The number of ether oxygens (including phenoxy) is 1. The van der Waals surface area contributed by atoms with Crippen LogP contribution in [0.25, 0.3) is 0 Å². The average molecular weight is 259 g/mol. The molecule has 0 rings (SSSR count). The summed E-state index contributed by atoms with van der Waals surface area (Å²) < 4.78 is 17.3. The first-order chi connectivity index (χ1) is 8.70. The summed E-state index contributed by atoms with van der Waals surface area (Å²) in [5.41, 5.74) is 0. The molecule has 6 nitrogen and oxygen atoms in total. The number of nitrogens with zero attached hydrogens (tertiary/aromatic N) is 3. The first kappa shape index (κ1) is 16.6. The number of alkyl halides is 1. The van der Waals surface area contributed by atoms with Crippen LogP contribution in [0.2, 0.25) is 0 Å². The number of rotatable bonds is 9. The molecule has 0 aliphatic heterocycles. The molecule has 0 radical (unpaired) electrons. The molecule has 0 saturated heterocycles. The summed E-state index contributed by atoms with van der Waals surface area (Å²) in [6.07, 6.45) is 2.14. The molecule has 0 aromatic carbocycles. The number of aliphatic imine (C=N–C) groups is 1. The number of likely N-dealkylation sites (N-methyl/N-ethyl adjacent to an activating group) is 1. The molecule has 0 saturated carbocycles. The Kier molecular flexibility index (Phi) is 11.1. The minimum atomic E-state index is -0.406. The Morgan fingerprint density at radius 2 is 2.22 bits per heavy atom. The molecule has 0 aliphatic carbocycles. The molecule has 0 aromatic heterocycles. The number of hydrogen-bond donors (Lipinski definition) is 2. The van der Waals surface area contributed by atoms with E-state index in [4.69, 9.17) is 10.00 Å². The van der Waals surface area contributed by atoms with Gasteiger partial charge in [-0.1, -0.05) is 0 Å². The summed E-state index contributed by atoms with van der Waals surface area (Å²) >= 11 is 0. The largest absolute Gasteiger partial charge is 0.378 e. The SMILES string of the molecule is CN(C)CCOCCNC(=NCCCF)NC#N. The third kappa shape index (κ3) is 11.1. The summed E-state index contributed by atoms with van der Waals surface area (Å²) in [6, 6.07) is 0. The Hall–Kier alpha value is -1.39. The molecule has 0 atom stereocenters. The van der Waals surface area contributed by atoms with Crippen molar-refractivity contribution in [1.29, 1.82) is 5.26 Å². The molecule has 2 N–H and O–H groups in total. The minimum Gasteiger partial charge on any atom is -0.378 e. The molecule has 0 spiro atoms. The van der Waals surface area contributed by atoms with Gasteiger partial charge in [0, 0.05) is 19.6 Å². The molecule has 0 aromatic rings. The van der Waals surface area contributed by atoms with E-state index in [9.17, 15) is 4.39 Å². The second-order valence-corrected chi connectivity index (χ2v) is 3.85. The Bertz CT molecular complexity index is 265. The highest BCUT2D eigenvalue weighted by Gasteiger charge is 1.97. The highest BCUT2D eigenvalue weighted by atomic mass is 19.1. The van der Waals surface area contributed by atoms with Gasteiger partial charge in [0.05, 0.1) is 19.9 Å². The number of halogens is 1. The molecule has 7 heteroatoms. The minimum absolute atomic E-state index is 0.356. The van der Waals surface area contributed by atoms with E-state index in [1.54, 1.807) is 6.19 Å². The van der Waals surface area contributed by atoms with Crippen LogP contribution in [0, 0.1) is 11.5 Å². The maximum Gasteiger partial charge on any atom is 0.204 e. The highest BCUT2D eigenvalue weighted by Crippen LogP contribution is 1.83. The number of hydrogen-bond acceptors (Lipinski definition) is 4. The van der Waals surface area contributed by atoms with E-state index in [0.717, 1.165) is 6.54 Å². The molecule has 0 aliphatic rings. The van der Waals surface area contributed by atoms with Gasteiger partial charge in [0.25, 0.3) is 0 Å². The third-order valence-electron chi connectivity index (χ3n) is 1.96. The summed E-state index contributed by atoms with van der Waals surface area (Å²) in [4.78, 5) is 6.05. The first-order valence-electron chi connectivity index (χ1n) is 5.92. The predicted octanol–water partition coefficient (Wildman–Crippen LogP) is -0.0595. The van der Waals surface area contributed by atoms with Crippen molar-refractivity contribution in [2.75, 3.05) is 53.6 Å². The molecule has 0 amide bonds. The van der Waals surface area contributed by atoms with Gasteiger partial charge >= 0.3 is 0 Å². The zero-order valence-electron chi connectivity index (χ0n) is 11.1. The Labute approximate surface area is 108 Å². The smallest absolute Gasteiger partial charge is 0.204 e. The van der Waals surface area contributed by atoms with Crippen LogP contribution >= 0.6 is 0 Å². The number of nitrogens with one attached hydrogen (secondary N) is 2. The van der Waals surface area contributed by atoms with Crippen molar-refractivity contribution in [3.63, 3.8) is 0 Å². The lowest BCUT2D eigenvalue weighted by Gasteiger charge is -2.11. The van der Waals surface area contributed by atoms with Gasteiger partial charge in [-0.2, -0.15) is 5.26 Å². The molecule has 0 unspecified atom stereocenters. The standard InChI is InChI=1S/C11H22FN5O/c1-17(2)7-9-18-8-6-15-11(16-10-13)14-5-3-4-12/h3-9H2,1-2H3,(H2,14,15,16). The molecule has 104 valence electrons. The van der Waals surface area contributed by atoms with Gasteiger partial charge in [-0.25, -0.2) is 0 Å². The second-order valence-electron chi connectivity index (χ2n) is 3.85. The number of guanidine groups is 1. The molecular formula is C11H22FN5O. The third-order valence-corrected chi connectivity index (χ3v) is 1.96. The van der Waals surface area contributed by atoms with E-state index in [1.807, 2.05) is 19.0 Å². The van der Waals surface area contributed by atoms with Crippen molar-refractivity contribution >= 4 is 5.96 Å². The van der Waals surface area contributed by atoms with Crippen LogP contribution in [0.1, 0.15) is 6.42 Å². The van der Waals surface area contributed by atoms with Crippen molar-refractivity contribution < 1.29 is 9.13 Å². The Balaban J connectivity index is 3.64. The van der Waals surface area contributed by atoms with Crippen LogP contribution in [0.15, 0.2) is 4.99 Å². The van der Waals surface area contributed by atoms with E-state index >= 15 is 0 Å². The van der Waals surface area contributed by atoms with Gasteiger partial charge in [-0.15, -0.1) is 0 Å². The summed E-state index contributed by atoms with van der Waals surface area (Å²) in [7, 11) is 3.96. The van der Waals surface area contributed by atoms with Gasteiger partial charge < -0.3 is 15.0 Å². The Morgan fingerprint density at radius 3 is 2.83 bits per heavy atom. The van der Waals surface area contributed by atoms with E-state index in [-0.39, 0.29) is 0 Å². The quantitative estimate of drug-likeness (QED) is 0.199. The van der Waals surface area contributed by atoms with E-state index < -0.39 is 6.67 Å². The van der Waals surface area contributed by atoms with Gasteiger partial charge in [0.15, 0.2) is 6.19 Å². The fraction of sp³-hybridized carbons (Fsp3) is 0.818. The van der Waals surface area contributed by atoms with Gasteiger partial charge in [-0.3, -0.25) is 14.7 Å². The van der Waals surface area contributed by atoms with Crippen molar-refractivity contribution in [2.24, 2.45) is 4.99 Å². The molecule has 18 heavy (non-hydrogen) atoms. The summed E-state index contributed by atoms with van der Waals surface area (Å²) in [6.45, 7) is 2.56. The normalized spacial score (nSPS) is 11.4. The van der Waals surface area contributed by atoms with Crippen LogP contribution in [0.4, 0.5) is 4.39 Å². The Morgan fingerprint density at radius 1 is 1.44 bits per heavy atom. The van der Waals surface area contributed by atoms with Crippen molar-refractivity contribution in [3.8, 4) is 6.19 Å². The van der Waals surface area contributed by atoms with Crippen molar-refractivity contribution in [2.45, 2.75) is 6.42 Å². The monoisotopic (exact) mass is 259 g/mol. The molecule has 0 fully saturated rings. The van der Waals surface area contributed by atoms with Crippen LogP contribution in [-0.4, -0.2) is 64.5 Å². The number of nitriles is 1. The van der Waals surface area contributed by atoms with E-state index in [0.29, 0.717) is 38.7 Å². The maximum absolute atomic E-state index is 11.9. The van der Waals surface area contributed by atoms with Crippen molar-refractivity contribution in [1.82, 2.24) is 15.5 Å². The van der Waals surface area contributed by atoms with Crippen LogP contribution in [0.5, 0.6) is 0 Å². The van der Waals surface area contributed by atoms with Crippen LogP contribution < -0.4 is 10.6 Å². The summed E-state index contributed by atoms with van der Waals surface area (Å²) in [5, 5.41) is 13.8. The lowest BCUT2D eigenvalue weighted by Crippen LogP contribution is -2.37. The molecule has 0 bridgehead atoms. The highest BCUT2D eigenvalue weighted by molar-refractivity contribution is 5.81. The summed E-state index contributed by atoms with van der Waals surface area (Å²) in [5.74, 6) is 0.363. The zero-order valence-corrected chi connectivity index (χ0v) is 11.1. The fourth-order valence-electron chi connectivity index (χ4n) is 1.03. The van der Waals surface area contributed by atoms with Gasteiger partial charge in [0.2, 0.25) is 5.96 Å². The van der Waals surface area contributed by atoms with Gasteiger partial charge in [-0.05, 0) is 20.5 Å². The zero-order chi connectivity index (χ0) is 13.6. The fourth-order valence-corrected chi connectivity index (χ4v) is 1.03.